The number of unbranched alkanes of at least 4 members (excludes halogenated alkanes) is 2. The van der Waals surface area contributed by atoms with Gasteiger partial charge in [-0.3, -0.25) is 14.4 Å². The first-order chi connectivity index (χ1) is 16.6. The zero-order chi connectivity index (χ0) is 26.8. The Bertz CT molecular complexity index is 652. The molecule has 11 nitrogen and oxygen atoms in total. The summed E-state index contributed by atoms with van der Waals surface area (Å²) in [5.74, 6) is -2.02. The molecule has 12 heteroatoms. The summed E-state index contributed by atoms with van der Waals surface area (Å²) in [5, 5.41) is 17.4. The van der Waals surface area contributed by atoms with Crippen molar-refractivity contribution >= 4 is 35.5 Å². The summed E-state index contributed by atoms with van der Waals surface area (Å²) in [6.07, 6.45) is 5.96. The first kappa shape index (κ1) is 33.1. The van der Waals surface area contributed by atoms with Crippen LogP contribution < -0.4 is 33.2 Å². The van der Waals surface area contributed by atoms with Crippen molar-refractivity contribution in [1.29, 1.82) is 0 Å². The predicted octanol–water partition coefficient (Wildman–Crippen LogP) is -0.0901. The molecule has 0 radical (unpaired) electrons. The van der Waals surface area contributed by atoms with Gasteiger partial charge in [-0.2, -0.15) is 11.8 Å². The highest BCUT2D eigenvalue weighted by atomic mass is 32.2. The lowest BCUT2D eigenvalue weighted by Crippen LogP contribution is -2.57. The smallest absolute Gasteiger partial charge is 0.326 e. The summed E-state index contributed by atoms with van der Waals surface area (Å²) in [5.41, 5.74) is 17.0. The number of hydrogen-bond donors (Lipinski definition) is 7. The highest BCUT2D eigenvalue weighted by Crippen LogP contribution is 2.10. The Morgan fingerprint density at radius 1 is 0.771 bits per heavy atom. The first-order valence-electron chi connectivity index (χ1n) is 12.4. The average Bonchev–Trinajstić information content (AvgIpc) is 2.79. The van der Waals surface area contributed by atoms with Gasteiger partial charge in [-0.1, -0.05) is 20.3 Å². The third-order valence-corrected chi connectivity index (χ3v) is 6.10. The lowest BCUT2D eigenvalue weighted by Gasteiger charge is -2.26. The number of nitrogens with two attached hydrogens (primary N) is 3. The summed E-state index contributed by atoms with van der Waals surface area (Å²) < 4.78 is 0. The number of carboxylic acids is 1. The number of carbonyl (C=O) groups is 4. The van der Waals surface area contributed by atoms with Crippen LogP contribution in [0.4, 0.5) is 0 Å². The lowest BCUT2D eigenvalue weighted by atomic mass is 10.0. The van der Waals surface area contributed by atoms with Gasteiger partial charge < -0.3 is 38.3 Å². The number of aliphatic carboxylic acids is 1. The van der Waals surface area contributed by atoms with E-state index in [2.05, 4.69) is 16.0 Å². The van der Waals surface area contributed by atoms with Crippen molar-refractivity contribution < 1.29 is 24.3 Å². The quantitative estimate of drug-likeness (QED) is 0.107. The van der Waals surface area contributed by atoms with Crippen LogP contribution in [0.3, 0.4) is 0 Å². The summed E-state index contributed by atoms with van der Waals surface area (Å²) in [4.78, 5) is 50.2. The van der Waals surface area contributed by atoms with Crippen LogP contribution in [-0.2, 0) is 19.2 Å². The molecular weight excluding hydrogens is 472 g/mol. The van der Waals surface area contributed by atoms with Crippen LogP contribution >= 0.6 is 11.8 Å². The number of thioether (sulfide) groups is 1. The number of rotatable bonds is 20. The molecular formula is C23H46N6O5S. The fraction of sp³-hybridized carbons (Fsp3) is 0.826. The number of hydrogen-bond acceptors (Lipinski definition) is 8. The Morgan fingerprint density at radius 3 is 1.80 bits per heavy atom. The van der Waals surface area contributed by atoms with Crippen molar-refractivity contribution in [3.63, 3.8) is 0 Å². The fourth-order valence-electron chi connectivity index (χ4n) is 3.42. The summed E-state index contributed by atoms with van der Waals surface area (Å²) >= 11 is 1.48. The summed E-state index contributed by atoms with van der Waals surface area (Å²) in [7, 11) is 0. The van der Waals surface area contributed by atoms with E-state index in [4.69, 9.17) is 17.2 Å². The molecule has 0 spiro atoms. The third kappa shape index (κ3) is 15.0. The Labute approximate surface area is 213 Å². The molecule has 35 heavy (non-hydrogen) atoms. The van der Waals surface area contributed by atoms with Crippen molar-refractivity contribution in [3.05, 3.63) is 0 Å². The average molecular weight is 519 g/mol. The van der Waals surface area contributed by atoms with Gasteiger partial charge in [-0.05, 0) is 76.0 Å². The number of carboxylic acid groups (broad SMARTS) is 1. The topological polar surface area (TPSA) is 203 Å². The predicted molar refractivity (Wildman–Crippen MR) is 140 cm³/mol. The molecule has 4 atom stereocenters. The van der Waals surface area contributed by atoms with Crippen LogP contribution in [0.2, 0.25) is 0 Å². The van der Waals surface area contributed by atoms with Crippen LogP contribution in [0.5, 0.6) is 0 Å². The van der Waals surface area contributed by atoms with Crippen molar-refractivity contribution in [2.24, 2.45) is 23.1 Å². The molecule has 3 amide bonds. The lowest BCUT2D eigenvalue weighted by molar-refractivity contribution is -0.142. The van der Waals surface area contributed by atoms with Gasteiger partial charge in [-0.25, -0.2) is 4.79 Å². The Hall–Kier alpha value is -1.89. The molecule has 0 aliphatic heterocycles. The number of nitrogens with one attached hydrogen (secondary N) is 3. The highest BCUT2D eigenvalue weighted by molar-refractivity contribution is 7.98. The van der Waals surface area contributed by atoms with Crippen LogP contribution in [-0.4, -0.2) is 78.1 Å². The van der Waals surface area contributed by atoms with E-state index in [1.165, 1.54) is 11.8 Å². The van der Waals surface area contributed by atoms with Crippen molar-refractivity contribution in [3.8, 4) is 0 Å². The maximum Gasteiger partial charge on any atom is 0.326 e. The van der Waals surface area contributed by atoms with E-state index in [9.17, 15) is 24.3 Å². The number of carbonyl (C=O) groups excluding carboxylic acids is 3. The second-order valence-corrected chi connectivity index (χ2v) is 10.1. The van der Waals surface area contributed by atoms with E-state index >= 15 is 0 Å². The SMILES string of the molecule is CSCCC(NC(=O)C(CC(C)C)NC(=O)C(CCCCN)NC(=O)C(N)CCCCN)C(=O)O. The second kappa shape index (κ2) is 19.3. The molecule has 0 aromatic heterocycles. The second-order valence-electron chi connectivity index (χ2n) is 9.11. The van der Waals surface area contributed by atoms with E-state index in [1.54, 1.807) is 0 Å². The molecule has 4 unspecified atom stereocenters. The number of amides is 3. The molecule has 0 aromatic rings. The van der Waals surface area contributed by atoms with E-state index in [-0.39, 0.29) is 12.3 Å². The zero-order valence-corrected chi connectivity index (χ0v) is 22.2. The maximum absolute atomic E-state index is 13.1. The van der Waals surface area contributed by atoms with Crippen LogP contribution in [0.15, 0.2) is 0 Å². The molecule has 10 N–H and O–H groups in total. The molecule has 0 saturated carbocycles. The van der Waals surface area contributed by atoms with Crippen molar-refractivity contribution in [2.75, 3.05) is 25.1 Å². The van der Waals surface area contributed by atoms with E-state index in [0.717, 1.165) is 6.42 Å². The summed E-state index contributed by atoms with van der Waals surface area (Å²) in [6.45, 7) is 4.76. The molecule has 0 fully saturated rings. The minimum absolute atomic E-state index is 0.0572. The van der Waals surface area contributed by atoms with Crippen molar-refractivity contribution in [1.82, 2.24) is 16.0 Å². The molecule has 0 aliphatic carbocycles. The minimum Gasteiger partial charge on any atom is -0.480 e. The van der Waals surface area contributed by atoms with Gasteiger partial charge in [0.2, 0.25) is 17.7 Å². The maximum atomic E-state index is 13.1. The highest BCUT2D eigenvalue weighted by Gasteiger charge is 2.30. The van der Waals surface area contributed by atoms with Gasteiger partial charge in [0.25, 0.3) is 0 Å². The first-order valence-corrected chi connectivity index (χ1v) is 13.7. The minimum atomic E-state index is -1.13. The molecule has 204 valence electrons. The monoisotopic (exact) mass is 518 g/mol. The molecule has 0 heterocycles. The molecule has 0 bridgehead atoms. The standard InChI is InChI=1S/C23H46N6O5S/c1-15(2)14-19(22(32)28-18(23(33)34)10-13-35-3)29-21(31)17(9-5-7-12-25)27-20(30)16(26)8-4-6-11-24/h15-19H,4-14,24-26H2,1-3H3,(H,27,30)(H,28,32)(H,29,31)(H,33,34). The van der Waals surface area contributed by atoms with Crippen LogP contribution in [0.1, 0.15) is 65.2 Å². The normalized spacial score (nSPS) is 14.6. The third-order valence-electron chi connectivity index (χ3n) is 5.45. The van der Waals surface area contributed by atoms with Gasteiger partial charge >= 0.3 is 5.97 Å². The van der Waals surface area contributed by atoms with E-state index < -0.39 is 47.9 Å². The van der Waals surface area contributed by atoms with Gasteiger partial charge in [0.05, 0.1) is 6.04 Å². The fourth-order valence-corrected chi connectivity index (χ4v) is 3.89. The summed E-state index contributed by atoms with van der Waals surface area (Å²) in [6, 6.07) is -3.64. The van der Waals surface area contributed by atoms with E-state index in [1.807, 2.05) is 20.1 Å². The van der Waals surface area contributed by atoms with Gasteiger partial charge in [0, 0.05) is 0 Å². The van der Waals surface area contributed by atoms with Crippen LogP contribution in [0.25, 0.3) is 0 Å². The van der Waals surface area contributed by atoms with Crippen LogP contribution in [0, 0.1) is 5.92 Å². The molecule has 0 aliphatic rings. The molecule has 0 aromatic carbocycles. The Balaban J connectivity index is 5.40. The molecule has 0 saturated heterocycles. The van der Waals surface area contributed by atoms with E-state index in [0.29, 0.717) is 57.4 Å². The Morgan fingerprint density at radius 2 is 1.29 bits per heavy atom. The van der Waals surface area contributed by atoms with Gasteiger partial charge in [0.15, 0.2) is 0 Å². The van der Waals surface area contributed by atoms with Crippen molar-refractivity contribution in [2.45, 2.75) is 89.4 Å². The van der Waals surface area contributed by atoms with Gasteiger partial charge in [0.1, 0.15) is 18.1 Å². The van der Waals surface area contributed by atoms with Gasteiger partial charge in [-0.15, -0.1) is 0 Å². The Kier molecular flexibility index (Phi) is 18.3. The largest absolute Gasteiger partial charge is 0.480 e. The zero-order valence-electron chi connectivity index (χ0n) is 21.4. The molecule has 0 rings (SSSR count).